The van der Waals surface area contributed by atoms with Crippen molar-refractivity contribution in [3.8, 4) is 28.7 Å². The highest BCUT2D eigenvalue weighted by Crippen LogP contribution is 2.51. The van der Waals surface area contributed by atoms with E-state index in [1.807, 2.05) is 19.9 Å². The third-order valence-corrected chi connectivity index (χ3v) is 12.7. The second-order valence-corrected chi connectivity index (χ2v) is 17.8. The van der Waals surface area contributed by atoms with Gasteiger partial charge in [-0.25, -0.2) is 4.98 Å². The van der Waals surface area contributed by atoms with Gasteiger partial charge in [0.05, 0.1) is 29.4 Å². The van der Waals surface area contributed by atoms with Crippen LogP contribution in [0.15, 0.2) is 57.5 Å². The van der Waals surface area contributed by atoms with E-state index < -0.39 is 52.9 Å². The van der Waals surface area contributed by atoms with Gasteiger partial charge >= 0.3 is 11.8 Å². The van der Waals surface area contributed by atoms with Gasteiger partial charge in [-0.15, -0.1) is 0 Å². The maximum absolute atomic E-state index is 14.8. The summed E-state index contributed by atoms with van der Waals surface area (Å²) in [6.07, 6.45) is 8.10. The molecule has 342 valence electrons. The van der Waals surface area contributed by atoms with Crippen LogP contribution in [0.2, 0.25) is 0 Å². The minimum atomic E-state index is -2.04. The predicted molar refractivity (Wildman–Crippen MR) is 241 cm³/mol. The van der Waals surface area contributed by atoms with E-state index in [4.69, 9.17) is 28.3 Å². The molecular formula is C48H58N4O12. The lowest BCUT2D eigenvalue weighted by molar-refractivity contribution is -0.155. The Morgan fingerprint density at radius 1 is 1.03 bits per heavy atom. The van der Waals surface area contributed by atoms with Crippen molar-refractivity contribution < 1.29 is 53.1 Å². The van der Waals surface area contributed by atoms with Gasteiger partial charge in [0.15, 0.2) is 11.3 Å². The molecule has 1 aliphatic carbocycles. The van der Waals surface area contributed by atoms with Crippen LogP contribution in [0.3, 0.4) is 0 Å². The van der Waals surface area contributed by atoms with E-state index >= 15 is 0 Å². The Labute approximate surface area is 371 Å². The number of ether oxygens (including phenoxy) is 4. The van der Waals surface area contributed by atoms with Crippen molar-refractivity contribution in [1.29, 1.82) is 0 Å². The van der Waals surface area contributed by atoms with Crippen molar-refractivity contribution in [2.75, 3.05) is 44.5 Å². The van der Waals surface area contributed by atoms with Crippen LogP contribution in [-0.2, 0) is 23.8 Å². The number of hydrogen-bond acceptors (Lipinski definition) is 15. The molecule has 4 heterocycles. The minimum Gasteiger partial charge on any atom is -0.507 e. The van der Waals surface area contributed by atoms with Crippen LogP contribution < -0.4 is 20.4 Å². The molecule has 1 amide bonds. The number of anilines is 2. The first kappa shape index (κ1) is 46.0. The minimum absolute atomic E-state index is 0.00142. The molecule has 5 aliphatic rings. The number of Topliss-reactive ketones (excluding diaryl/α,β-unsaturated/α-hetero) is 1. The Morgan fingerprint density at radius 3 is 2.42 bits per heavy atom. The third kappa shape index (κ3) is 8.91. The summed E-state index contributed by atoms with van der Waals surface area (Å²) in [6.45, 7) is 11.1. The van der Waals surface area contributed by atoms with Crippen LogP contribution in [0.5, 0.6) is 17.2 Å². The van der Waals surface area contributed by atoms with Crippen molar-refractivity contribution in [3.63, 3.8) is 0 Å². The number of phenolic OH excluding ortho intramolecular Hbond substituents is 2. The van der Waals surface area contributed by atoms with Gasteiger partial charge in [-0.05, 0) is 71.5 Å². The molecule has 7 rings (SSSR count). The smallest absolute Gasteiger partial charge is 0.312 e. The predicted octanol–water partition coefficient (Wildman–Crippen LogP) is 6.72. The number of aliphatic hydroxyl groups excluding tert-OH is 1. The van der Waals surface area contributed by atoms with E-state index in [0.29, 0.717) is 24.6 Å². The number of nitrogens with zero attached hydrogens (tertiary/aromatic N) is 3. The second kappa shape index (κ2) is 18.3. The van der Waals surface area contributed by atoms with E-state index in [0.717, 1.165) is 25.9 Å². The number of allylic oxidation sites excluding steroid dienone is 3. The summed E-state index contributed by atoms with van der Waals surface area (Å²) < 4.78 is 29.9. The lowest BCUT2D eigenvalue weighted by Gasteiger charge is -2.36. The fourth-order valence-electron chi connectivity index (χ4n) is 9.07. The van der Waals surface area contributed by atoms with Crippen LogP contribution in [0, 0.1) is 18.8 Å². The molecule has 4 bridgehead atoms. The zero-order valence-corrected chi connectivity index (χ0v) is 37.8. The summed E-state index contributed by atoms with van der Waals surface area (Å²) >= 11 is 0. The Balaban J connectivity index is 1.42. The Bertz CT molecular complexity index is 2610. The first-order chi connectivity index (χ1) is 30.3. The molecule has 0 unspecified atom stereocenters. The molecule has 1 saturated heterocycles. The van der Waals surface area contributed by atoms with Gasteiger partial charge in [0.2, 0.25) is 5.43 Å². The monoisotopic (exact) mass is 882 g/mol. The topological polar surface area (TPSA) is 210 Å². The number of aromatic nitrogens is 1. The lowest BCUT2D eigenvalue weighted by atomic mass is 9.89. The van der Waals surface area contributed by atoms with Crippen molar-refractivity contribution >= 4 is 50.9 Å². The van der Waals surface area contributed by atoms with Gasteiger partial charge in [-0.2, -0.15) is 0 Å². The Kier molecular flexibility index (Phi) is 13.1. The molecule has 0 saturated carbocycles. The number of aliphatic hydroxyl groups is 1. The van der Waals surface area contributed by atoms with Gasteiger partial charge in [0.1, 0.15) is 40.3 Å². The molecule has 0 aromatic heterocycles. The van der Waals surface area contributed by atoms with E-state index in [9.17, 15) is 34.5 Å². The van der Waals surface area contributed by atoms with E-state index in [1.54, 1.807) is 31.2 Å². The maximum atomic E-state index is 14.8. The maximum Gasteiger partial charge on any atom is 0.312 e. The van der Waals surface area contributed by atoms with E-state index in [1.165, 1.54) is 40.2 Å². The second-order valence-electron chi connectivity index (χ2n) is 17.8. The average molecular weight is 883 g/mol. The molecule has 64 heavy (non-hydrogen) atoms. The van der Waals surface area contributed by atoms with Crippen molar-refractivity contribution in [1.82, 2.24) is 9.88 Å². The SMILES string of the molecule is CO[C@H]1/C=C/O[C@@]2(C)Oc3c(C)c(O)c4c(=O)c(c5oc6cc(N7CCC(N(C)C)CC7)cc(O)c6nc-5c4c3C2=O)NC(=O)/C(C)=C\C=C\[C@H](C)C[C@@H](C)C[C@@H](O)[C@H](OC(C)=O)C1. The largest absolute Gasteiger partial charge is 0.507 e. The highest BCUT2D eigenvalue weighted by molar-refractivity contribution is 6.22. The molecular weight excluding hydrogens is 825 g/mol. The standard InChI is InChI=1S/C48H58N4O12/c1-24-11-10-12-26(3)47(59)50-41-43(57)37-36(40-45(41)63-35-22-30(21-33(55)39(35)49-40)52-16-13-29(14-17-52)51(7)8)38-44(27(4)42(37)56)64-48(6,46(38)58)61-18-15-31(60-9)23-34(62-28(5)53)32(54)20-25(2)19-24/h10-12,15,18,21-22,24-25,29,31-32,34,54-56H,13-14,16-17,19-20,23H2,1-9H3,(H,50,59)/b11-10+,18-15+,26-12-/t24-,25+,31-,32+,34+,48-/m0/s1. The van der Waals surface area contributed by atoms with Crippen molar-refractivity contribution in [2.24, 2.45) is 11.8 Å². The molecule has 4 N–H and O–H groups in total. The van der Waals surface area contributed by atoms with Crippen LogP contribution in [-0.4, -0.2) is 107 Å². The quantitative estimate of drug-likeness (QED) is 0.0952. The highest BCUT2D eigenvalue weighted by atomic mass is 16.7. The normalized spacial score (nSPS) is 27.1. The molecule has 1 fully saturated rings. The van der Waals surface area contributed by atoms with Crippen LogP contribution in [0.25, 0.3) is 33.3 Å². The van der Waals surface area contributed by atoms with E-state index in [2.05, 4.69) is 29.2 Å². The molecule has 2 aromatic rings. The number of ketones is 1. The molecule has 4 aliphatic heterocycles. The van der Waals surface area contributed by atoms with Crippen LogP contribution in [0.4, 0.5) is 11.4 Å². The lowest BCUT2D eigenvalue weighted by Crippen LogP contribution is -2.41. The Hall–Kier alpha value is -5.97. The van der Waals surface area contributed by atoms with Gasteiger partial charge in [-0.3, -0.25) is 19.2 Å². The van der Waals surface area contributed by atoms with Crippen molar-refractivity contribution in [3.05, 3.63) is 69.6 Å². The average Bonchev–Trinajstić information content (AvgIpc) is 3.50. The molecule has 0 spiro atoms. The number of carbonyl (C=O) groups is 3. The van der Waals surface area contributed by atoms with Crippen LogP contribution >= 0.6 is 0 Å². The number of rotatable bonds is 4. The first-order valence-corrected chi connectivity index (χ1v) is 21.7. The van der Waals surface area contributed by atoms with Gasteiger partial charge in [-0.1, -0.05) is 32.1 Å². The molecule has 2 aromatic carbocycles. The molecule has 16 heteroatoms. The van der Waals surface area contributed by atoms with Gasteiger partial charge in [0, 0.05) is 80.9 Å². The number of phenols is 2. The summed E-state index contributed by atoms with van der Waals surface area (Å²) in [4.78, 5) is 64.7. The fraction of sp³-hybridized carbons (Fsp3) is 0.479. The van der Waals surface area contributed by atoms with Gasteiger partial charge in [0.25, 0.3) is 11.7 Å². The summed E-state index contributed by atoms with van der Waals surface area (Å²) in [5, 5.41) is 36.9. The summed E-state index contributed by atoms with van der Waals surface area (Å²) in [7, 11) is 5.55. The number of benzene rings is 3. The fourth-order valence-corrected chi connectivity index (χ4v) is 9.07. The molecule has 0 radical (unpaired) electrons. The van der Waals surface area contributed by atoms with Gasteiger partial charge < -0.3 is 53.8 Å². The Morgan fingerprint density at radius 2 is 1.75 bits per heavy atom. The number of hydrogen-bond donors (Lipinski definition) is 4. The number of fused-ring (bicyclic) bond motifs is 2. The first-order valence-electron chi connectivity index (χ1n) is 21.7. The summed E-state index contributed by atoms with van der Waals surface area (Å²) in [5.41, 5.74) is -0.327. The zero-order chi connectivity index (χ0) is 46.4. The van der Waals surface area contributed by atoms with Crippen LogP contribution in [0.1, 0.15) is 82.6 Å². The number of amides is 1. The zero-order valence-electron chi connectivity index (χ0n) is 37.8. The number of piperidine rings is 1. The number of aromatic hydroxyl groups is 2. The molecule has 16 nitrogen and oxygen atoms in total. The van der Waals surface area contributed by atoms with E-state index in [-0.39, 0.29) is 85.5 Å². The number of esters is 1. The highest BCUT2D eigenvalue weighted by Gasteiger charge is 2.50. The number of methoxy groups -OCH3 is 1. The molecule has 6 atom stereocenters. The summed E-state index contributed by atoms with van der Waals surface area (Å²) in [5.74, 6) is -4.99. The number of carbonyl (C=O) groups excluding carboxylic acids is 3. The van der Waals surface area contributed by atoms with Crippen molar-refractivity contribution in [2.45, 2.75) is 104 Å². The number of nitrogens with one attached hydrogen (secondary N) is 1. The summed E-state index contributed by atoms with van der Waals surface area (Å²) in [6, 6.07) is 3.72. The third-order valence-electron chi connectivity index (χ3n) is 12.7.